The average Bonchev–Trinajstić information content (AvgIpc) is 2.97. The van der Waals surface area contributed by atoms with Gasteiger partial charge >= 0.3 is 0 Å². The highest BCUT2D eigenvalue weighted by molar-refractivity contribution is 7.99. The molecule has 0 fully saturated rings. The number of anilines is 1. The molecule has 0 radical (unpaired) electrons. The number of thioether (sulfide) groups is 1. The summed E-state index contributed by atoms with van der Waals surface area (Å²) >= 11 is 1.32. The van der Waals surface area contributed by atoms with Crippen molar-refractivity contribution in [1.82, 2.24) is 14.6 Å². The van der Waals surface area contributed by atoms with Crippen molar-refractivity contribution in [3.8, 4) is 6.07 Å². The molecule has 3 aromatic rings. The minimum absolute atomic E-state index is 0.137. The van der Waals surface area contributed by atoms with Gasteiger partial charge in [-0.1, -0.05) is 17.8 Å². The number of aromatic nitrogens is 3. The van der Waals surface area contributed by atoms with Crippen LogP contribution < -0.4 is 5.32 Å². The molecule has 0 aliphatic rings. The molecular weight excluding hydrogens is 298 g/mol. The van der Waals surface area contributed by atoms with Gasteiger partial charge in [-0.15, -0.1) is 10.2 Å². The molecule has 2 aromatic heterocycles. The zero-order valence-electron chi connectivity index (χ0n) is 11.4. The number of rotatable bonds is 4. The van der Waals surface area contributed by atoms with Crippen molar-refractivity contribution in [2.75, 3.05) is 11.1 Å². The minimum Gasteiger partial charge on any atom is -0.325 e. The quantitative estimate of drug-likeness (QED) is 0.748. The van der Waals surface area contributed by atoms with Crippen LogP contribution in [0, 0.1) is 11.3 Å². The van der Waals surface area contributed by atoms with E-state index in [1.54, 1.807) is 24.3 Å². The lowest BCUT2D eigenvalue weighted by Crippen LogP contribution is -2.14. The van der Waals surface area contributed by atoms with Crippen LogP contribution in [0.5, 0.6) is 0 Å². The summed E-state index contributed by atoms with van der Waals surface area (Å²) in [7, 11) is 0. The number of nitriles is 1. The number of carbonyl (C=O) groups is 1. The summed E-state index contributed by atoms with van der Waals surface area (Å²) in [6.45, 7) is 0. The topological polar surface area (TPSA) is 83.1 Å². The maximum absolute atomic E-state index is 11.9. The third-order valence-electron chi connectivity index (χ3n) is 2.91. The van der Waals surface area contributed by atoms with Gasteiger partial charge in [-0.2, -0.15) is 5.26 Å². The van der Waals surface area contributed by atoms with Gasteiger partial charge in [0.05, 0.1) is 17.4 Å². The van der Waals surface area contributed by atoms with Crippen molar-refractivity contribution in [3.05, 3.63) is 54.2 Å². The predicted octanol–water partition coefficient (Wildman–Crippen LogP) is 2.33. The molecule has 108 valence electrons. The Kier molecular flexibility index (Phi) is 4.03. The summed E-state index contributed by atoms with van der Waals surface area (Å²) in [6.07, 6.45) is 1.86. The molecule has 1 amide bonds. The number of pyridine rings is 1. The summed E-state index contributed by atoms with van der Waals surface area (Å²) in [6, 6.07) is 14.4. The SMILES string of the molecule is N#Cc1ccc(NC(=O)CSc2nnc3ccccn23)cc1. The Labute approximate surface area is 130 Å². The lowest BCUT2D eigenvalue weighted by molar-refractivity contribution is -0.113. The van der Waals surface area contributed by atoms with Crippen LogP contribution in [0.1, 0.15) is 5.56 Å². The van der Waals surface area contributed by atoms with Crippen molar-refractivity contribution >= 4 is 29.0 Å². The van der Waals surface area contributed by atoms with Crippen LogP contribution in [0.25, 0.3) is 5.65 Å². The van der Waals surface area contributed by atoms with E-state index in [9.17, 15) is 4.79 Å². The standard InChI is InChI=1S/C15H11N5OS/c16-9-11-4-6-12(7-5-11)17-14(21)10-22-15-19-18-13-3-1-2-8-20(13)15/h1-8H,10H2,(H,17,21). The van der Waals surface area contributed by atoms with Gasteiger partial charge in [0.15, 0.2) is 10.8 Å². The summed E-state index contributed by atoms with van der Waals surface area (Å²) < 4.78 is 1.83. The highest BCUT2D eigenvalue weighted by Gasteiger charge is 2.09. The Morgan fingerprint density at radius 3 is 2.82 bits per heavy atom. The van der Waals surface area contributed by atoms with Crippen molar-refractivity contribution in [2.24, 2.45) is 0 Å². The van der Waals surface area contributed by atoms with E-state index < -0.39 is 0 Å². The highest BCUT2D eigenvalue weighted by Crippen LogP contribution is 2.17. The Hall–Kier alpha value is -2.85. The molecule has 0 saturated carbocycles. The second-order valence-corrected chi connectivity index (χ2v) is 5.38. The van der Waals surface area contributed by atoms with E-state index in [1.165, 1.54) is 11.8 Å². The Bertz CT molecular complexity index is 850. The first-order valence-electron chi connectivity index (χ1n) is 6.49. The molecule has 0 spiro atoms. The van der Waals surface area contributed by atoms with E-state index in [1.807, 2.05) is 34.9 Å². The molecule has 1 aromatic carbocycles. The van der Waals surface area contributed by atoms with Crippen molar-refractivity contribution in [2.45, 2.75) is 5.16 Å². The molecule has 2 heterocycles. The zero-order valence-corrected chi connectivity index (χ0v) is 12.2. The molecule has 0 unspecified atom stereocenters. The second-order valence-electron chi connectivity index (χ2n) is 4.44. The monoisotopic (exact) mass is 309 g/mol. The molecule has 1 N–H and O–H groups in total. The van der Waals surface area contributed by atoms with E-state index in [-0.39, 0.29) is 11.7 Å². The van der Waals surface area contributed by atoms with Crippen LogP contribution in [-0.4, -0.2) is 26.3 Å². The first-order valence-corrected chi connectivity index (χ1v) is 7.47. The van der Waals surface area contributed by atoms with E-state index >= 15 is 0 Å². The third kappa shape index (κ3) is 3.07. The average molecular weight is 309 g/mol. The number of nitrogens with zero attached hydrogens (tertiary/aromatic N) is 4. The molecule has 0 atom stereocenters. The van der Waals surface area contributed by atoms with E-state index in [0.29, 0.717) is 16.4 Å². The van der Waals surface area contributed by atoms with Crippen molar-refractivity contribution in [3.63, 3.8) is 0 Å². The largest absolute Gasteiger partial charge is 0.325 e. The summed E-state index contributed by atoms with van der Waals surface area (Å²) in [5, 5.41) is 20.3. The van der Waals surface area contributed by atoms with E-state index in [2.05, 4.69) is 15.5 Å². The summed E-state index contributed by atoms with van der Waals surface area (Å²) in [4.78, 5) is 11.9. The molecule has 6 nitrogen and oxygen atoms in total. The van der Waals surface area contributed by atoms with Crippen molar-refractivity contribution < 1.29 is 4.79 Å². The fourth-order valence-corrected chi connectivity index (χ4v) is 2.60. The smallest absolute Gasteiger partial charge is 0.234 e. The minimum atomic E-state index is -0.137. The first kappa shape index (κ1) is 14.1. The molecular formula is C15H11N5OS. The lowest BCUT2D eigenvalue weighted by Gasteiger charge is -2.04. The van der Waals surface area contributed by atoms with Gasteiger partial charge in [-0.3, -0.25) is 9.20 Å². The zero-order chi connectivity index (χ0) is 15.4. The van der Waals surface area contributed by atoms with Crippen molar-refractivity contribution in [1.29, 1.82) is 5.26 Å². The van der Waals surface area contributed by atoms with Gasteiger partial charge in [0.25, 0.3) is 0 Å². The number of nitrogens with one attached hydrogen (secondary N) is 1. The highest BCUT2D eigenvalue weighted by atomic mass is 32.2. The Balaban J connectivity index is 1.61. The molecule has 0 bridgehead atoms. The molecule has 0 aliphatic carbocycles. The van der Waals surface area contributed by atoms with Gasteiger partial charge in [0.1, 0.15) is 0 Å². The summed E-state index contributed by atoms with van der Waals surface area (Å²) in [5.41, 5.74) is 1.97. The Morgan fingerprint density at radius 1 is 1.23 bits per heavy atom. The second kappa shape index (κ2) is 6.28. The van der Waals surface area contributed by atoms with Gasteiger partial charge in [0.2, 0.25) is 5.91 Å². The van der Waals surface area contributed by atoms with Gasteiger partial charge in [-0.05, 0) is 36.4 Å². The first-order chi connectivity index (χ1) is 10.8. The lowest BCUT2D eigenvalue weighted by atomic mass is 10.2. The van der Waals surface area contributed by atoms with Crippen LogP contribution in [0.15, 0.2) is 53.8 Å². The molecule has 0 saturated heterocycles. The number of amides is 1. The predicted molar refractivity (Wildman–Crippen MR) is 83.5 cm³/mol. The maximum atomic E-state index is 11.9. The van der Waals surface area contributed by atoms with Crippen LogP contribution in [0.3, 0.4) is 0 Å². The fraction of sp³-hybridized carbons (Fsp3) is 0.0667. The molecule has 0 aliphatic heterocycles. The third-order valence-corrected chi connectivity index (χ3v) is 3.86. The van der Waals surface area contributed by atoms with Gasteiger partial charge in [0, 0.05) is 11.9 Å². The van der Waals surface area contributed by atoms with E-state index in [0.717, 1.165) is 5.65 Å². The van der Waals surface area contributed by atoms with Crippen LogP contribution >= 0.6 is 11.8 Å². The number of fused-ring (bicyclic) bond motifs is 1. The maximum Gasteiger partial charge on any atom is 0.234 e. The van der Waals surface area contributed by atoms with Gasteiger partial charge in [-0.25, -0.2) is 0 Å². The number of benzene rings is 1. The fourth-order valence-electron chi connectivity index (χ4n) is 1.87. The summed E-state index contributed by atoms with van der Waals surface area (Å²) in [5.74, 6) is 0.0952. The normalized spacial score (nSPS) is 10.3. The molecule has 3 rings (SSSR count). The Morgan fingerprint density at radius 2 is 2.05 bits per heavy atom. The van der Waals surface area contributed by atoms with Crippen LogP contribution in [-0.2, 0) is 4.79 Å². The molecule has 7 heteroatoms. The number of hydrogen-bond acceptors (Lipinski definition) is 5. The number of hydrogen-bond donors (Lipinski definition) is 1. The number of carbonyl (C=O) groups excluding carboxylic acids is 1. The van der Waals surface area contributed by atoms with Crippen LogP contribution in [0.4, 0.5) is 5.69 Å². The van der Waals surface area contributed by atoms with Crippen LogP contribution in [0.2, 0.25) is 0 Å². The molecule has 22 heavy (non-hydrogen) atoms. The van der Waals surface area contributed by atoms with E-state index in [4.69, 9.17) is 5.26 Å². The van der Waals surface area contributed by atoms with Gasteiger partial charge < -0.3 is 5.32 Å².